The van der Waals surface area contributed by atoms with Crippen LogP contribution in [0, 0.1) is 19.8 Å². The van der Waals surface area contributed by atoms with E-state index in [0.29, 0.717) is 19.3 Å². The lowest BCUT2D eigenvalue weighted by Crippen LogP contribution is -2.51. The highest BCUT2D eigenvalue weighted by molar-refractivity contribution is 5.80. The van der Waals surface area contributed by atoms with Gasteiger partial charge in [0.25, 0.3) is 0 Å². The molecule has 0 fully saturated rings. The first-order chi connectivity index (χ1) is 10.7. The van der Waals surface area contributed by atoms with Crippen LogP contribution in [0.3, 0.4) is 0 Å². The van der Waals surface area contributed by atoms with Gasteiger partial charge in [-0.1, -0.05) is 20.8 Å². The van der Waals surface area contributed by atoms with E-state index in [9.17, 15) is 9.59 Å². The Morgan fingerprint density at radius 1 is 1.30 bits per heavy atom. The van der Waals surface area contributed by atoms with Gasteiger partial charge in [0.05, 0.1) is 12.1 Å². The minimum atomic E-state index is -0.888. The fraction of sp³-hybridized carbons (Fsp3) is 0.706. The number of rotatable bonds is 8. The molecule has 1 atom stereocenters. The van der Waals surface area contributed by atoms with Gasteiger partial charge in [0.1, 0.15) is 0 Å². The number of carboxylic acid groups (broad SMARTS) is 1. The lowest BCUT2D eigenvalue weighted by Gasteiger charge is -2.32. The summed E-state index contributed by atoms with van der Waals surface area (Å²) in [5.41, 5.74) is 2.42. The Morgan fingerprint density at radius 2 is 1.87 bits per heavy atom. The molecule has 0 saturated heterocycles. The van der Waals surface area contributed by atoms with Crippen LogP contribution in [-0.2, 0) is 23.1 Å². The van der Waals surface area contributed by atoms with Crippen molar-refractivity contribution >= 4 is 11.9 Å². The second kappa shape index (κ2) is 7.62. The zero-order valence-electron chi connectivity index (χ0n) is 15.1. The Morgan fingerprint density at radius 3 is 2.26 bits per heavy atom. The number of aryl methyl sites for hydroxylation is 2. The highest BCUT2D eigenvalue weighted by Crippen LogP contribution is 2.22. The molecule has 0 aliphatic rings. The summed E-state index contributed by atoms with van der Waals surface area (Å²) < 4.78 is 1.82. The molecule has 1 heterocycles. The Kier molecular flexibility index (Phi) is 6.36. The summed E-state index contributed by atoms with van der Waals surface area (Å²) in [6.07, 6.45) is 1.75. The van der Waals surface area contributed by atoms with Crippen LogP contribution in [0.2, 0.25) is 0 Å². The van der Waals surface area contributed by atoms with Gasteiger partial charge in [-0.05, 0) is 38.7 Å². The van der Waals surface area contributed by atoms with Crippen molar-refractivity contribution in [3.8, 4) is 0 Å². The maximum atomic E-state index is 12.6. The van der Waals surface area contributed by atoms with E-state index in [1.807, 2.05) is 46.3 Å². The molecule has 0 aliphatic heterocycles. The number of carbonyl (C=O) groups is 2. The van der Waals surface area contributed by atoms with E-state index < -0.39 is 11.5 Å². The van der Waals surface area contributed by atoms with Crippen molar-refractivity contribution in [2.24, 2.45) is 13.0 Å². The van der Waals surface area contributed by atoms with Gasteiger partial charge in [0, 0.05) is 24.2 Å². The fourth-order valence-electron chi connectivity index (χ4n) is 2.91. The van der Waals surface area contributed by atoms with E-state index in [4.69, 9.17) is 5.11 Å². The number of nitrogens with one attached hydrogen (secondary N) is 1. The molecule has 2 N–H and O–H groups in total. The van der Waals surface area contributed by atoms with Gasteiger partial charge in [-0.2, -0.15) is 5.10 Å². The molecule has 1 unspecified atom stereocenters. The smallest absolute Gasteiger partial charge is 0.305 e. The van der Waals surface area contributed by atoms with E-state index in [0.717, 1.165) is 17.0 Å². The Bertz CT molecular complexity index is 574. The molecule has 23 heavy (non-hydrogen) atoms. The Hall–Kier alpha value is -1.85. The van der Waals surface area contributed by atoms with Gasteiger partial charge in [-0.25, -0.2) is 0 Å². The van der Waals surface area contributed by atoms with Crippen LogP contribution in [0.4, 0.5) is 0 Å². The average Bonchev–Trinajstić information content (AvgIpc) is 2.72. The number of hydrogen-bond donors (Lipinski definition) is 2. The fourth-order valence-corrected chi connectivity index (χ4v) is 2.91. The molecule has 0 spiro atoms. The minimum absolute atomic E-state index is 0.0522. The van der Waals surface area contributed by atoms with E-state index in [2.05, 4.69) is 10.4 Å². The first kappa shape index (κ1) is 19.2. The second-order valence-electron chi connectivity index (χ2n) is 6.43. The third-order valence-corrected chi connectivity index (χ3v) is 4.85. The van der Waals surface area contributed by atoms with Crippen molar-refractivity contribution in [3.05, 3.63) is 17.0 Å². The van der Waals surface area contributed by atoms with Crippen LogP contribution < -0.4 is 5.32 Å². The zero-order chi connectivity index (χ0) is 17.8. The molecule has 1 aromatic heterocycles. The molecule has 1 amide bonds. The van der Waals surface area contributed by atoms with Crippen LogP contribution in [0.25, 0.3) is 0 Å². The van der Waals surface area contributed by atoms with Crippen molar-refractivity contribution < 1.29 is 14.7 Å². The molecule has 130 valence electrons. The van der Waals surface area contributed by atoms with E-state index in [1.54, 1.807) is 0 Å². The second-order valence-corrected chi connectivity index (χ2v) is 6.43. The average molecular weight is 323 g/mol. The SMILES string of the molecule is CCC(CC)(CC(=O)O)NC(=O)C(C)Cc1c(C)nn(C)c1C. The number of aliphatic carboxylic acids is 1. The minimum Gasteiger partial charge on any atom is -0.481 e. The van der Waals surface area contributed by atoms with Crippen molar-refractivity contribution in [2.45, 2.75) is 65.8 Å². The van der Waals surface area contributed by atoms with Crippen molar-refractivity contribution in [2.75, 3.05) is 0 Å². The van der Waals surface area contributed by atoms with E-state index in [-0.39, 0.29) is 18.2 Å². The maximum Gasteiger partial charge on any atom is 0.305 e. The third kappa shape index (κ3) is 4.56. The molecule has 0 radical (unpaired) electrons. The van der Waals surface area contributed by atoms with Gasteiger partial charge >= 0.3 is 5.97 Å². The summed E-state index contributed by atoms with van der Waals surface area (Å²) in [7, 11) is 1.89. The van der Waals surface area contributed by atoms with Crippen molar-refractivity contribution in [3.63, 3.8) is 0 Å². The molecule has 0 saturated carbocycles. The summed E-state index contributed by atoms with van der Waals surface area (Å²) in [5.74, 6) is -1.22. The van der Waals surface area contributed by atoms with Gasteiger partial charge in [0.15, 0.2) is 0 Å². The predicted octanol–water partition coefficient (Wildman–Crippen LogP) is 2.37. The van der Waals surface area contributed by atoms with Crippen LogP contribution in [0.5, 0.6) is 0 Å². The van der Waals surface area contributed by atoms with Crippen molar-refractivity contribution in [1.29, 1.82) is 0 Å². The first-order valence-electron chi connectivity index (χ1n) is 8.18. The highest BCUT2D eigenvalue weighted by Gasteiger charge is 2.32. The van der Waals surface area contributed by atoms with Crippen LogP contribution >= 0.6 is 0 Å². The lowest BCUT2D eigenvalue weighted by atomic mass is 9.87. The standard InChI is InChI=1S/C17H29N3O3/c1-7-17(8-2,10-15(21)22)18-16(23)11(3)9-14-12(4)19-20(6)13(14)5/h11H,7-10H2,1-6H3,(H,18,23)(H,21,22). The lowest BCUT2D eigenvalue weighted by molar-refractivity contribution is -0.139. The van der Waals surface area contributed by atoms with Gasteiger partial charge in [-0.3, -0.25) is 14.3 Å². The Labute approximate surface area is 138 Å². The predicted molar refractivity (Wildman–Crippen MR) is 89.3 cm³/mol. The number of carboxylic acids is 1. The molecular formula is C17H29N3O3. The van der Waals surface area contributed by atoms with Gasteiger partial charge in [-0.15, -0.1) is 0 Å². The van der Waals surface area contributed by atoms with Gasteiger partial charge in [0.2, 0.25) is 5.91 Å². The molecule has 6 heteroatoms. The summed E-state index contributed by atoms with van der Waals surface area (Å²) in [6, 6.07) is 0. The van der Waals surface area contributed by atoms with Gasteiger partial charge < -0.3 is 10.4 Å². The largest absolute Gasteiger partial charge is 0.481 e. The van der Waals surface area contributed by atoms with Crippen LogP contribution in [0.15, 0.2) is 0 Å². The zero-order valence-corrected chi connectivity index (χ0v) is 15.1. The number of carbonyl (C=O) groups excluding carboxylic acids is 1. The molecule has 0 bridgehead atoms. The molecule has 0 aromatic carbocycles. The van der Waals surface area contributed by atoms with E-state index >= 15 is 0 Å². The summed E-state index contributed by atoms with van der Waals surface area (Å²) in [5, 5.41) is 16.5. The number of nitrogens with zero attached hydrogens (tertiary/aromatic N) is 2. The topological polar surface area (TPSA) is 84.2 Å². The van der Waals surface area contributed by atoms with Crippen LogP contribution in [-0.4, -0.2) is 32.3 Å². The summed E-state index contributed by atoms with van der Waals surface area (Å²) in [4.78, 5) is 23.7. The van der Waals surface area contributed by atoms with Crippen molar-refractivity contribution in [1.82, 2.24) is 15.1 Å². The molecule has 0 aliphatic carbocycles. The number of hydrogen-bond acceptors (Lipinski definition) is 3. The van der Waals surface area contributed by atoms with E-state index in [1.165, 1.54) is 0 Å². The quantitative estimate of drug-likeness (QED) is 0.769. The normalized spacial score (nSPS) is 13.0. The molecule has 1 aromatic rings. The first-order valence-corrected chi connectivity index (χ1v) is 8.18. The molecular weight excluding hydrogens is 294 g/mol. The third-order valence-electron chi connectivity index (χ3n) is 4.85. The summed E-state index contributed by atoms with van der Waals surface area (Å²) >= 11 is 0. The maximum absolute atomic E-state index is 12.6. The number of aromatic nitrogens is 2. The summed E-state index contributed by atoms with van der Waals surface area (Å²) in [6.45, 7) is 9.63. The highest BCUT2D eigenvalue weighted by atomic mass is 16.4. The molecule has 6 nitrogen and oxygen atoms in total. The molecule has 1 rings (SSSR count). The number of amides is 1. The monoisotopic (exact) mass is 323 g/mol. The van der Waals surface area contributed by atoms with Crippen LogP contribution in [0.1, 0.15) is 57.0 Å². The Balaban J connectivity index is 2.85.